The van der Waals surface area contributed by atoms with Crippen molar-refractivity contribution < 1.29 is 9.53 Å². The van der Waals surface area contributed by atoms with Crippen molar-refractivity contribution in [1.82, 2.24) is 10.2 Å². The summed E-state index contributed by atoms with van der Waals surface area (Å²) in [5.74, 6) is 1.02. The second-order valence-corrected chi connectivity index (χ2v) is 5.11. The average molecular weight is 262 g/mol. The molecule has 1 fully saturated rings. The molecule has 0 radical (unpaired) electrons. The van der Waals surface area contributed by atoms with Crippen molar-refractivity contribution in [2.45, 2.75) is 31.8 Å². The summed E-state index contributed by atoms with van der Waals surface area (Å²) in [7, 11) is 3.54. The fourth-order valence-electron chi connectivity index (χ4n) is 2.04. The summed E-state index contributed by atoms with van der Waals surface area (Å²) >= 11 is 0. The van der Waals surface area contributed by atoms with Gasteiger partial charge in [0.05, 0.1) is 13.7 Å². The minimum Gasteiger partial charge on any atom is -0.497 e. The average Bonchev–Trinajstić information content (AvgIpc) is 3.28. The van der Waals surface area contributed by atoms with E-state index < -0.39 is 0 Å². The van der Waals surface area contributed by atoms with Gasteiger partial charge in [0.1, 0.15) is 5.75 Å². The summed E-state index contributed by atoms with van der Waals surface area (Å²) in [6.45, 7) is 2.45. The van der Waals surface area contributed by atoms with Crippen LogP contribution in [0.5, 0.6) is 5.75 Å². The van der Waals surface area contributed by atoms with Crippen molar-refractivity contribution in [3.63, 3.8) is 0 Å². The number of benzene rings is 1. The molecule has 0 aromatic heterocycles. The lowest BCUT2D eigenvalue weighted by atomic mass is 10.1. The lowest BCUT2D eigenvalue weighted by molar-refractivity contribution is -0.129. The molecule has 4 nitrogen and oxygen atoms in total. The fourth-order valence-corrected chi connectivity index (χ4v) is 2.04. The topological polar surface area (TPSA) is 41.6 Å². The molecule has 0 aliphatic heterocycles. The molecular weight excluding hydrogens is 240 g/mol. The molecule has 2 rings (SSSR count). The molecular formula is C15H22N2O2. The number of carbonyl (C=O) groups is 1. The smallest absolute Gasteiger partial charge is 0.236 e. The third-order valence-electron chi connectivity index (χ3n) is 3.66. The van der Waals surface area contributed by atoms with Gasteiger partial charge >= 0.3 is 0 Å². The van der Waals surface area contributed by atoms with Gasteiger partial charge in [-0.2, -0.15) is 0 Å². The first-order valence-electron chi connectivity index (χ1n) is 6.75. The van der Waals surface area contributed by atoms with Crippen LogP contribution in [0, 0.1) is 0 Å². The number of likely N-dealkylation sites (N-methyl/N-ethyl adjacent to an activating group) is 1. The maximum Gasteiger partial charge on any atom is 0.236 e. The van der Waals surface area contributed by atoms with Crippen LogP contribution in [-0.4, -0.2) is 37.6 Å². The number of carbonyl (C=O) groups excluding carboxylic acids is 1. The normalized spacial score (nSPS) is 15.9. The highest BCUT2D eigenvalue weighted by molar-refractivity contribution is 5.78. The van der Waals surface area contributed by atoms with Gasteiger partial charge in [0.15, 0.2) is 0 Å². The molecule has 1 aliphatic carbocycles. The minimum absolute atomic E-state index is 0.155. The molecule has 0 bridgehead atoms. The highest BCUT2D eigenvalue weighted by Crippen LogP contribution is 2.25. The van der Waals surface area contributed by atoms with Gasteiger partial charge in [-0.3, -0.25) is 4.79 Å². The third-order valence-corrected chi connectivity index (χ3v) is 3.66. The van der Waals surface area contributed by atoms with E-state index in [-0.39, 0.29) is 11.9 Å². The van der Waals surface area contributed by atoms with Crippen LogP contribution in [0.2, 0.25) is 0 Å². The molecule has 19 heavy (non-hydrogen) atoms. The Morgan fingerprint density at radius 2 is 2.05 bits per heavy atom. The highest BCUT2D eigenvalue weighted by Gasteiger charge is 2.29. The van der Waals surface area contributed by atoms with Crippen molar-refractivity contribution in [2.75, 3.05) is 20.7 Å². The Labute approximate surface area is 114 Å². The summed E-state index contributed by atoms with van der Waals surface area (Å²) in [5, 5.41) is 3.27. The molecule has 1 unspecified atom stereocenters. The zero-order chi connectivity index (χ0) is 13.8. The van der Waals surface area contributed by atoms with Crippen LogP contribution in [0.1, 0.15) is 31.4 Å². The van der Waals surface area contributed by atoms with Gasteiger partial charge < -0.3 is 15.0 Å². The maximum atomic E-state index is 11.9. The standard InChI is InChI=1S/C15H22N2O2/c1-11(12-4-8-14(19-3)9-5-12)16-10-15(18)17(2)13-6-7-13/h4-5,8-9,11,13,16H,6-7,10H2,1-3H3. The van der Waals surface area contributed by atoms with E-state index in [2.05, 4.69) is 12.2 Å². The molecule has 1 atom stereocenters. The zero-order valence-corrected chi connectivity index (χ0v) is 11.8. The maximum absolute atomic E-state index is 11.9. The van der Waals surface area contributed by atoms with E-state index in [9.17, 15) is 4.79 Å². The first kappa shape index (κ1) is 13.9. The quantitative estimate of drug-likeness (QED) is 0.852. The Hall–Kier alpha value is -1.55. The van der Waals surface area contributed by atoms with Crippen LogP contribution in [0.4, 0.5) is 0 Å². The van der Waals surface area contributed by atoms with Gasteiger partial charge in [-0.25, -0.2) is 0 Å². The number of hydrogen-bond donors (Lipinski definition) is 1. The van der Waals surface area contributed by atoms with Gasteiger partial charge in [0.25, 0.3) is 0 Å². The molecule has 0 heterocycles. The Morgan fingerprint density at radius 3 is 2.58 bits per heavy atom. The van der Waals surface area contributed by atoms with Crippen LogP contribution in [-0.2, 0) is 4.79 Å². The highest BCUT2D eigenvalue weighted by atomic mass is 16.5. The lowest BCUT2D eigenvalue weighted by Gasteiger charge is -2.19. The van der Waals surface area contributed by atoms with Crippen LogP contribution >= 0.6 is 0 Å². The molecule has 0 spiro atoms. The fraction of sp³-hybridized carbons (Fsp3) is 0.533. The van der Waals surface area contributed by atoms with E-state index in [1.54, 1.807) is 7.11 Å². The van der Waals surface area contributed by atoms with Crippen molar-refractivity contribution >= 4 is 5.91 Å². The van der Waals surface area contributed by atoms with Gasteiger partial charge in [-0.1, -0.05) is 12.1 Å². The molecule has 1 aliphatic rings. The summed E-state index contributed by atoms with van der Waals surface area (Å²) in [4.78, 5) is 13.8. The molecule has 104 valence electrons. The van der Waals surface area contributed by atoms with E-state index in [0.29, 0.717) is 12.6 Å². The first-order valence-corrected chi connectivity index (χ1v) is 6.75. The number of rotatable bonds is 6. The number of amides is 1. The molecule has 1 N–H and O–H groups in total. The van der Waals surface area contributed by atoms with Crippen molar-refractivity contribution in [1.29, 1.82) is 0 Å². The van der Waals surface area contributed by atoms with Crippen molar-refractivity contribution in [2.24, 2.45) is 0 Å². The lowest BCUT2D eigenvalue weighted by Crippen LogP contribution is -2.37. The van der Waals surface area contributed by atoms with Crippen LogP contribution in [0.3, 0.4) is 0 Å². The van der Waals surface area contributed by atoms with Gasteiger partial charge in [-0.15, -0.1) is 0 Å². The SMILES string of the molecule is COc1ccc(C(C)NCC(=O)N(C)C2CC2)cc1. The van der Waals surface area contributed by atoms with Crippen LogP contribution < -0.4 is 10.1 Å². The minimum atomic E-state index is 0.155. The van der Waals surface area contributed by atoms with Gasteiger partial charge in [-0.05, 0) is 37.5 Å². The van der Waals surface area contributed by atoms with Crippen LogP contribution in [0.25, 0.3) is 0 Å². The molecule has 1 saturated carbocycles. The number of nitrogens with zero attached hydrogens (tertiary/aromatic N) is 1. The Bertz CT molecular complexity index is 426. The second-order valence-electron chi connectivity index (χ2n) is 5.11. The van der Waals surface area contributed by atoms with E-state index in [1.165, 1.54) is 0 Å². The number of methoxy groups -OCH3 is 1. The summed E-state index contributed by atoms with van der Waals surface area (Å²) < 4.78 is 5.13. The van der Waals surface area contributed by atoms with Gasteiger partial charge in [0.2, 0.25) is 5.91 Å². The van der Waals surface area contributed by atoms with Crippen molar-refractivity contribution in [3.8, 4) is 5.75 Å². The Balaban J connectivity index is 1.82. The van der Waals surface area contributed by atoms with E-state index >= 15 is 0 Å². The first-order chi connectivity index (χ1) is 9.11. The summed E-state index contributed by atoms with van der Waals surface area (Å²) in [6, 6.07) is 8.54. The Kier molecular flexibility index (Phi) is 4.43. The van der Waals surface area contributed by atoms with Gasteiger partial charge in [0, 0.05) is 19.1 Å². The molecule has 1 amide bonds. The predicted octanol–water partition coefficient (Wildman–Crippen LogP) is 1.97. The molecule has 4 heteroatoms. The third kappa shape index (κ3) is 3.70. The van der Waals surface area contributed by atoms with E-state index in [0.717, 1.165) is 24.2 Å². The van der Waals surface area contributed by atoms with Crippen molar-refractivity contribution in [3.05, 3.63) is 29.8 Å². The summed E-state index contributed by atoms with van der Waals surface area (Å²) in [6.07, 6.45) is 2.30. The monoisotopic (exact) mass is 262 g/mol. The molecule has 1 aromatic rings. The molecule has 0 saturated heterocycles. The van der Waals surface area contributed by atoms with E-state index in [1.807, 2.05) is 36.2 Å². The predicted molar refractivity (Wildman–Crippen MR) is 75.2 cm³/mol. The van der Waals surface area contributed by atoms with E-state index in [4.69, 9.17) is 4.74 Å². The molecule has 1 aromatic carbocycles. The zero-order valence-electron chi connectivity index (χ0n) is 11.8. The largest absolute Gasteiger partial charge is 0.497 e. The number of ether oxygens (including phenoxy) is 1. The summed E-state index contributed by atoms with van der Waals surface area (Å²) in [5.41, 5.74) is 1.16. The number of nitrogens with one attached hydrogen (secondary N) is 1. The number of hydrogen-bond acceptors (Lipinski definition) is 3. The Morgan fingerprint density at radius 1 is 1.42 bits per heavy atom. The second kappa shape index (κ2) is 6.06. The van der Waals surface area contributed by atoms with Crippen LogP contribution in [0.15, 0.2) is 24.3 Å².